The fourth-order valence-corrected chi connectivity index (χ4v) is 4.05. The number of anilines is 2. The Labute approximate surface area is 162 Å². The Kier molecular flexibility index (Phi) is 4.42. The van der Waals surface area contributed by atoms with E-state index in [9.17, 15) is 23.7 Å². The van der Waals surface area contributed by atoms with Gasteiger partial charge in [0.2, 0.25) is 0 Å². The SMILES string of the molecule is O=C1C=CC(=O)N1c1cccc([S+]([O-])c2cccc(N3C(=O)C=CC3=O)c2)c1. The van der Waals surface area contributed by atoms with Gasteiger partial charge in [-0.05, 0) is 24.3 Å². The molecule has 0 aromatic heterocycles. The normalized spacial score (nSPS) is 16.2. The van der Waals surface area contributed by atoms with Gasteiger partial charge >= 0.3 is 0 Å². The molecule has 0 fully saturated rings. The fourth-order valence-electron chi connectivity index (χ4n) is 2.92. The second-order valence-electron chi connectivity index (χ2n) is 5.95. The number of imide groups is 2. The molecule has 4 amide bonds. The number of hydrogen-bond donors (Lipinski definition) is 0. The summed E-state index contributed by atoms with van der Waals surface area (Å²) in [6.07, 6.45) is 4.70. The molecule has 0 saturated carbocycles. The number of amides is 4. The van der Waals surface area contributed by atoms with E-state index in [0.717, 1.165) is 9.80 Å². The van der Waals surface area contributed by atoms with Crippen molar-refractivity contribution in [3.8, 4) is 0 Å². The molecule has 0 bridgehead atoms. The second-order valence-corrected chi connectivity index (χ2v) is 7.43. The summed E-state index contributed by atoms with van der Waals surface area (Å²) in [6.45, 7) is 0. The first-order valence-electron chi connectivity index (χ1n) is 8.20. The maximum atomic E-state index is 13.0. The Hall–Kier alpha value is -3.49. The smallest absolute Gasteiger partial charge is 0.258 e. The predicted molar refractivity (Wildman–Crippen MR) is 101 cm³/mol. The van der Waals surface area contributed by atoms with Crippen LogP contribution in [0.4, 0.5) is 11.4 Å². The summed E-state index contributed by atoms with van der Waals surface area (Å²) in [4.78, 5) is 50.2. The van der Waals surface area contributed by atoms with Gasteiger partial charge in [0.1, 0.15) is 0 Å². The maximum absolute atomic E-state index is 13.0. The third-order valence-corrected chi connectivity index (χ3v) is 5.56. The molecule has 8 heteroatoms. The standard InChI is InChI=1S/C20H12N2O5S/c23-17-7-8-18(24)21(17)13-3-1-5-15(11-13)28(27)16-6-2-4-14(12-16)22-19(25)9-10-20(22)26/h1-12H. The van der Waals surface area contributed by atoms with Gasteiger partial charge in [-0.3, -0.25) is 19.2 Å². The number of rotatable bonds is 4. The molecule has 0 saturated heterocycles. The minimum Gasteiger partial charge on any atom is -0.606 e. The molecule has 0 spiro atoms. The van der Waals surface area contributed by atoms with Gasteiger partial charge in [0.15, 0.2) is 9.79 Å². The molecular formula is C20H12N2O5S. The lowest BCUT2D eigenvalue weighted by molar-refractivity contribution is -0.121. The molecule has 0 aliphatic carbocycles. The summed E-state index contributed by atoms with van der Waals surface area (Å²) in [5, 5.41) is 0. The van der Waals surface area contributed by atoms with E-state index in [4.69, 9.17) is 0 Å². The van der Waals surface area contributed by atoms with Crippen molar-refractivity contribution in [3.05, 3.63) is 72.8 Å². The van der Waals surface area contributed by atoms with Crippen LogP contribution in [0.1, 0.15) is 0 Å². The highest BCUT2D eigenvalue weighted by Gasteiger charge is 2.28. The van der Waals surface area contributed by atoms with Crippen molar-refractivity contribution in [3.63, 3.8) is 0 Å². The van der Waals surface area contributed by atoms with Crippen molar-refractivity contribution in [1.29, 1.82) is 0 Å². The van der Waals surface area contributed by atoms with Gasteiger partial charge in [-0.1, -0.05) is 12.1 Å². The molecule has 0 radical (unpaired) electrons. The van der Waals surface area contributed by atoms with Crippen molar-refractivity contribution in [2.24, 2.45) is 0 Å². The van der Waals surface area contributed by atoms with Gasteiger partial charge in [0, 0.05) is 47.6 Å². The van der Waals surface area contributed by atoms with Crippen molar-refractivity contribution >= 4 is 46.2 Å². The topological polar surface area (TPSA) is 97.8 Å². The first-order valence-corrected chi connectivity index (χ1v) is 9.35. The average molecular weight is 392 g/mol. The lowest BCUT2D eigenvalue weighted by Crippen LogP contribution is -2.29. The Morgan fingerprint density at radius 1 is 0.607 bits per heavy atom. The summed E-state index contributed by atoms with van der Waals surface area (Å²) in [6, 6.07) is 12.6. The molecule has 0 unspecified atom stereocenters. The molecule has 138 valence electrons. The van der Waals surface area contributed by atoms with Crippen LogP contribution in [0.3, 0.4) is 0 Å². The molecule has 4 rings (SSSR count). The molecule has 28 heavy (non-hydrogen) atoms. The van der Waals surface area contributed by atoms with Crippen molar-refractivity contribution in [2.45, 2.75) is 9.79 Å². The minimum atomic E-state index is -1.65. The van der Waals surface area contributed by atoms with Gasteiger partial charge in [0.25, 0.3) is 23.6 Å². The monoisotopic (exact) mass is 392 g/mol. The van der Waals surface area contributed by atoms with E-state index in [2.05, 4.69) is 0 Å². The van der Waals surface area contributed by atoms with Crippen LogP contribution in [0.5, 0.6) is 0 Å². The van der Waals surface area contributed by atoms with E-state index < -0.39 is 34.8 Å². The quantitative estimate of drug-likeness (QED) is 0.583. The number of carbonyl (C=O) groups excluding carboxylic acids is 4. The Bertz CT molecular complexity index is 970. The zero-order valence-electron chi connectivity index (χ0n) is 14.3. The molecule has 7 nitrogen and oxygen atoms in total. The molecule has 2 aliphatic heterocycles. The van der Waals surface area contributed by atoms with E-state index in [-0.39, 0.29) is 0 Å². The number of benzene rings is 2. The van der Waals surface area contributed by atoms with Gasteiger partial charge in [-0.15, -0.1) is 0 Å². The second kappa shape index (κ2) is 6.91. The van der Waals surface area contributed by atoms with Crippen LogP contribution >= 0.6 is 0 Å². The van der Waals surface area contributed by atoms with E-state index in [1.807, 2.05) is 0 Å². The highest BCUT2D eigenvalue weighted by atomic mass is 32.2. The van der Waals surface area contributed by atoms with Crippen molar-refractivity contribution in [2.75, 3.05) is 9.80 Å². The van der Waals surface area contributed by atoms with E-state index in [1.54, 1.807) is 36.4 Å². The van der Waals surface area contributed by atoms with Crippen molar-refractivity contribution in [1.82, 2.24) is 0 Å². The molecule has 0 atom stereocenters. The third-order valence-electron chi connectivity index (χ3n) is 4.20. The highest BCUT2D eigenvalue weighted by molar-refractivity contribution is 7.91. The van der Waals surface area contributed by atoms with Crippen LogP contribution in [-0.4, -0.2) is 28.2 Å². The molecule has 2 heterocycles. The maximum Gasteiger partial charge on any atom is 0.258 e. The fraction of sp³-hybridized carbons (Fsp3) is 0. The predicted octanol–water partition coefficient (Wildman–Crippen LogP) is 1.71. The summed E-state index contributed by atoms with van der Waals surface area (Å²) in [5.74, 6) is -1.86. The summed E-state index contributed by atoms with van der Waals surface area (Å²) in [5.41, 5.74) is 0.632. The van der Waals surface area contributed by atoms with Gasteiger partial charge < -0.3 is 4.55 Å². The first kappa shape index (κ1) is 17.9. The van der Waals surface area contributed by atoms with Crippen LogP contribution in [0.25, 0.3) is 0 Å². The number of carbonyl (C=O) groups is 4. The Morgan fingerprint density at radius 3 is 1.32 bits per heavy atom. The lowest BCUT2D eigenvalue weighted by Gasteiger charge is -2.17. The first-order chi connectivity index (χ1) is 13.5. The zero-order valence-corrected chi connectivity index (χ0v) is 15.1. The molecule has 0 N–H and O–H groups in total. The largest absolute Gasteiger partial charge is 0.606 e. The van der Waals surface area contributed by atoms with Crippen LogP contribution in [-0.2, 0) is 30.4 Å². The van der Waals surface area contributed by atoms with Gasteiger partial charge in [0.05, 0.1) is 11.4 Å². The summed E-state index contributed by atoms with van der Waals surface area (Å²) in [7, 11) is 0. The summed E-state index contributed by atoms with van der Waals surface area (Å²) < 4.78 is 13.0. The molecule has 2 aromatic carbocycles. The van der Waals surface area contributed by atoms with E-state index >= 15 is 0 Å². The van der Waals surface area contributed by atoms with E-state index in [1.165, 1.54) is 36.4 Å². The van der Waals surface area contributed by atoms with Gasteiger partial charge in [-0.25, -0.2) is 9.80 Å². The van der Waals surface area contributed by atoms with Crippen molar-refractivity contribution < 1.29 is 23.7 Å². The Morgan fingerprint density at radius 2 is 0.964 bits per heavy atom. The van der Waals surface area contributed by atoms with Crippen LogP contribution in [0, 0.1) is 0 Å². The van der Waals surface area contributed by atoms with Gasteiger partial charge in [-0.2, -0.15) is 0 Å². The van der Waals surface area contributed by atoms with Crippen LogP contribution in [0.2, 0.25) is 0 Å². The average Bonchev–Trinajstić information content (AvgIpc) is 3.22. The van der Waals surface area contributed by atoms with Crippen LogP contribution < -0.4 is 9.80 Å². The molecule has 2 aliphatic rings. The minimum absolute atomic E-state index is 0.316. The third kappa shape index (κ3) is 3.04. The zero-order chi connectivity index (χ0) is 19.8. The molecule has 2 aromatic rings. The van der Waals surface area contributed by atoms with Crippen LogP contribution in [0.15, 0.2) is 82.6 Å². The molecular weight excluding hydrogens is 380 g/mol. The number of hydrogen-bond acceptors (Lipinski definition) is 5. The number of nitrogens with zero attached hydrogens (tertiary/aromatic N) is 2. The summed E-state index contributed by atoms with van der Waals surface area (Å²) >= 11 is -1.65. The Balaban J connectivity index is 1.65. The van der Waals surface area contributed by atoms with E-state index in [0.29, 0.717) is 21.2 Å². The highest BCUT2D eigenvalue weighted by Crippen LogP contribution is 2.29. The lowest BCUT2D eigenvalue weighted by atomic mass is 10.3.